The molecule has 1 aromatic carbocycles. The molecule has 0 fully saturated rings. The van der Waals surface area contributed by atoms with E-state index in [1.807, 2.05) is 12.1 Å². The van der Waals surface area contributed by atoms with Gasteiger partial charge < -0.3 is 30.4 Å². The highest BCUT2D eigenvalue weighted by molar-refractivity contribution is 6.32. The van der Waals surface area contributed by atoms with Crippen LogP contribution in [0.1, 0.15) is 22.5 Å². The van der Waals surface area contributed by atoms with E-state index in [1.54, 1.807) is 31.6 Å². The number of hydrogen-bond donors (Lipinski definition) is 4. The molecule has 0 aliphatic carbocycles. The lowest BCUT2D eigenvalue weighted by atomic mass is 10.0. The number of methoxy groups -OCH3 is 1. The Morgan fingerprint density at radius 3 is 3.00 bits per heavy atom. The van der Waals surface area contributed by atoms with Crippen LogP contribution in [0.25, 0.3) is 11.3 Å². The lowest BCUT2D eigenvalue weighted by molar-refractivity contribution is -0.116. The topological polar surface area (TPSA) is 117 Å². The van der Waals surface area contributed by atoms with Crippen molar-refractivity contribution in [3.63, 3.8) is 0 Å². The number of carbonyl (C=O) groups is 2. The van der Waals surface area contributed by atoms with Crippen LogP contribution in [-0.2, 0) is 11.2 Å². The number of aromatic nitrogens is 2. The second kappa shape index (κ2) is 11.0. The summed E-state index contributed by atoms with van der Waals surface area (Å²) >= 11 is 6.32. The van der Waals surface area contributed by atoms with Crippen LogP contribution in [-0.4, -0.2) is 48.6 Å². The minimum absolute atomic E-state index is 0.174. The Morgan fingerprint density at radius 2 is 2.20 bits per heavy atom. The van der Waals surface area contributed by atoms with Crippen molar-refractivity contribution < 1.29 is 19.1 Å². The van der Waals surface area contributed by atoms with Gasteiger partial charge in [0.25, 0.3) is 5.91 Å². The molecular weight excluding hydrogens is 470 g/mol. The Labute approximate surface area is 207 Å². The molecule has 0 bridgehead atoms. The highest BCUT2D eigenvalue weighted by Crippen LogP contribution is 2.42. The summed E-state index contributed by atoms with van der Waals surface area (Å²) in [5, 5.41) is 9.43. The number of hydrogen-bond acceptors (Lipinski definition) is 6. The zero-order valence-corrected chi connectivity index (χ0v) is 20.0. The molecule has 0 atom stereocenters. The number of nitrogens with one attached hydrogen (secondary N) is 4. The summed E-state index contributed by atoms with van der Waals surface area (Å²) in [6, 6.07) is 7.19. The highest BCUT2D eigenvalue weighted by atomic mass is 35.5. The molecule has 0 spiro atoms. The maximum atomic E-state index is 12.9. The third-order valence-corrected chi connectivity index (χ3v) is 5.81. The second-order valence-corrected chi connectivity index (χ2v) is 8.16. The number of carbonyl (C=O) groups excluding carboxylic acids is 2. The molecular formula is C25H26ClN5O4. The quantitative estimate of drug-likeness (QED) is 0.251. The molecule has 3 aromatic rings. The van der Waals surface area contributed by atoms with Crippen LogP contribution in [0.5, 0.6) is 11.5 Å². The van der Waals surface area contributed by atoms with E-state index in [4.69, 9.17) is 21.1 Å². The first kappa shape index (κ1) is 24.2. The first-order chi connectivity index (χ1) is 17.0. The standard InChI is InChI=1S/C25H26ClN5O4/c1-3-20(32)28-10-5-13-35-19-14-27-11-8-15(19)22-23(21-17(30-22)9-12-29-25(21)33)31-18-7-4-6-16(26)24(18)34-2/h3-4,6-8,11,14,30-31H,1,5,9-10,12-13H2,2H3,(H,28,32)(H,29,33). The van der Waals surface area contributed by atoms with Crippen LogP contribution in [0.4, 0.5) is 11.4 Å². The van der Waals surface area contributed by atoms with Crippen molar-refractivity contribution in [2.45, 2.75) is 12.8 Å². The van der Waals surface area contributed by atoms with E-state index in [-0.39, 0.29) is 11.8 Å². The van der Waals surface area contributed by atoms with Crippen LogP contribution in [0.15, 0.2) is 49.3 Å². The molecule has 1 aliphatic heterocycles. The number of benzene rings is 1. The van der Waals surface area contributed by atoms with Crippen molar-refractivity contribution >= 4 is 34.8 Å². The van der Waals surface area contributed by atoms with Gasteiger partial charge in [-0.3, -0.25) is 14.6 Å². The molecule has 0 radical (unpaired) electrons. The Hall–Kier alpha value is -3.98. The Morgan fingerprint density at radius 1 is 1.34 bits per heavy atom. The fourth-order valence-corrected chi connectivity index (χ4v) is 4.15. The Kier molecular flexibility index (Phi) is 7.57. The average molecular weight is 496 g/mol. The number of nitrogens with zero attached hydrogens (tertiary/aromatic N) is 1. The third-order valence-electron chi connectivity index (χ3n) is 5.51. The number of halogens is 1. The lowest BCUT2D eigenvalue weighted by Gasteiger charge is -2.17. The van der Waals surface area contributed by atoms with Gasteiger partial charge in [0.05, 0.1) is 47.6 Å². The number of fused-ring (bicyclic) bond motifs is 1. The lowest BCUT2D eigenvalue weighted by Crippen LogP contribution is -2.31. The van der Waals surface area contributed by atoms with E-state index in [0.29, 0.717) is 71.7 Å². The van der Waals surface area contributed by atoms with Crippen molar-refractivity contribution in [2.24, 2.45) is 0 Å². The summed E-state index contributed by atoms with van der Waals surface area (Å²) in [5.41, 5.74) is 3.99. The van der Waals surface area contributed by atoms with Gasteiger partial charge in [0.2, 0.25) is 5.91 Å². The minimum atomic E-state index is -0.227. The third kappa shape index (κ3) is 5.25. The summed E-state index contributed by atoms with van der Waals surface area (Å²) < 4.78 is 11.5. The van der Waals surface area contributed by atoms with Crippen molar-refractivity contribution in [3.8, 4) is 22.8 Å². The number of H-pyrrole nitrogens is 1. The van der Waals surface area contributed by atoms with E-state index in [9.17, 15) is 9.59 Å². The van der Waals surface area contributed by atoms with Gasteiger partial charge in [-0.1, -0.05) is 24.2 Å². The van der Waals surface area contributed by atoms with Gasteiger partial charge in [-0.25, -0.2) is 0 Å². The van der Waals surface area contributed by atoms with E-state index in [1.165, 1.54) is 6.08 Å². The second-order valence-electron chi connectivity index (χ2n) is 7.75. The van der Waals surface area contributed by atoms with Crippen LogP contribution in [0.2, 0.25) is 5.02 Å². The predicted molar refractivity (Wildman–Crippen MR) is 135 cm³/mol. The maximum absolute atomic E-state index is 12.9. The van der Waals surface area contributed by atoms with Gasteiger partial charge in [-0.15, -0.1) is 0 Å². The van der Waals surface area contributed by atoms with Crippen molar-refractivity contribution in [3.05, 3.63) is 65.6 Å². The molecule has 4 rings (SSSR count). The van der Waals surface area contributed by atoms with Crippen LogP contribution >= 0.6 is 11.6 Å². The maximum Gasteiger partial charge on any atom is 0.255 e. The van der Waals surface area contributed by atoms with Gasteiger partial charge in [-0.2, -0.15) is 0 Å². The van der Waals surface area contributed by atoms with Crippen molar-refractivity contribution in [1.29, 1.82) is 0 Å². The fraction of sp³-hybridized carbons (Fsp3) is 0.240. The molecule has 0 saturated heterocycles. The summed E-state index contributed by atoms with van der Waals surface area (Å²) in [4.78, 5) is 31.8. The number of pyridine rings is 1. The Balaban J connectivity index is 1.68. The van der Waals surface area contributed by atoms with Crippen LogP contribution in [0, 0.1) is 0 Å². The smallest absolute Gasteiger partial charge is 0.255 e. The van der Waals surface area contributed by atoms with Crippen molar-refractivity contribution in [2.75, 3.05) is 32.1 Å². The predicted octanol–water partition coefficient (Wildman–Crippen LogP) is 3.84. The van der Waals surface area contributed by atoms with E-state index in [2.05, 4.69) is 32.5 Å². The largest absolute Gasteiger partial charge is 0.493 e. The highest BCUT2D eigenvalue weighted by Gasteiger charge is 2.28. The molecule has 2 amide bonds. The van der Waals surface area contributed by atoms with Gasteiger partial charge in [0, 0.05) is 37.0 Å². The van der Waals surface area contributed by atoms with Crippen molar-refractivity contribution in [1.82, 2.24) is 20.6 Å². The zero-order valence-electron chi connectivity index (χ0n) is 19.2. The average Bonchev–Trinajstić information content (AvgIpc) is 3.23. The zero-order chi connectivity index (χ0) is 24.8. The number of amides is 2. The van der Waals surface area contributed by atoms with E-state index < -0.39 is 0 Å². The first-order valence-corrected chi connectivity index (χ1v) is 11.5. The van der Waals surface area contributed by atoms with Crippen LogP contribution in [0.3, 0.4) is 0 Å². The summed E-state index contributed by atoms with van der Waals surface area (Å²) in [7, 11) is 1.54. The molecule has 10 heteroatoms. The Bertz CT molecular complexity index is 1260. The van der Waals surface area contributed by atoms with Gasteiger partial charge in [-0.05, 0) is 30.7 Å². The number of aromatic amines is 1. The molecule has 182 valence electrons. The molecule has 0 unspecified atom stereocenters. The summed E-state index contributed by atoms with van der Waals surface area (Å²) in [6.45, 7) is 4.80. The molecule has 1 aliphatic rings. The van der Waals surface area contributed by atoms with E-state index in [0.717, 1.165) is 11.3 Å². The molecule has 2 aromatic heterocycles. The number of ether oxygens (including phenoxy) is 2. The van der Waals surface area contributed by atoms with Gasteiger partial charge in [0.15, 0.2) is 5.75 Å². The number of rotatable bonds is 10. The molecule has 9 nitrogen and oxygen atoms in total. The number of anilines is 2. The molecule has 0 saturated carbocycles. The van der Waals surface area contributed by atoms with E-state index >= 15 is 0 Å². The normalized spacial score (nSPS) is 12.3. The number of para-hydroxylation sites is 1. The minimum Gasteiger partial charge on any atom is -0.493 e. The van der Waals surface area contributed by atoms with Crippen LogP contribution < -0.4 is 25.4 Å². The monoisotopic (exact) mass is 495 g/mol. The fourth-order valence-electron chi connectivity index (χ4n) is 3.90. The summed E-state index contributed by atoms with van der Waals surface area (Å²) in [6.07, 6.45) is 5.78. The summed E-state index contributed by atoms with van der Waals surface area (Å²) in [5.74, 6) is 0.614. The molecule has 35 heavy (non-hydrogen) atoms. The molecule has 4 N–H and O–H groups in total. The van der Waals surface area contributed by atoms with Gasteiger partial charge >= 0.3 is 0 Å². The first-order valence-electron chi connectivity index (χ1n) is 11.1. The molecule has 3 heterocycles. The SMILES string of the molecule is C=CC(=O)NCCCOc1cnccc1-c1[nH]c2c(c1Nc1cccc(Cl)c1OC)C(=O)NCC2. The van der Waals surface area contributed by atoms with Gasteiger partial charge in [0.1, 0.15) is 5.75 Å².